The molecule has 22 heavy (non-hydrogen) atoms. The average molecular weight is 293 g/mol. The van der Waals surface area contributed by atoms with Crippen LogP contribution in [0.1, 0.15) is 33.6 Å². The number of esters is 1. The lowest BCUT2D eigenvalue weighted by atomic mass is 9.94. The first-order chi connectivity index (χ1) is 10.7. The normalized spacial score (nSPS) is 12.5. The van der Waals surface area contributed by atoms with Gasteiger partial charge in [0.2, 0.25) is 0 Å². The number of hydrogen-bond donors (Lipinski definition) is 1. The fourth-order valence-corrected chi connectivity index (χ4v) is 2.92. The van der Waals surface area contributed by atoms with Crippen LogP contribution in [0.5, 0.6) is 0 Å². The van der Waals surface area contributed by atoms with Crippen LogP contribution in [0.2, 0.25) is 0 Å². The Morgan fingerprint density at radius 1 is 1.32 bits per heavy atom. The Bertz CT molecular complexity index is 788. The highest BCUT2D eigenvalue weighted by Gasteiger charge is 2.23. The minimum absolute atomic E-state index is 0.273. The SMILES string of the molecule is COC(=O)c1ccc(-c2c(C#N)c(N)nc3c2CCC3)cc1. The van der Waals surface area contributed by atoms with E-state index in [1.54, 1.807) is 12.1 Å². The maximum absolute atomic E-state index is 11.5. The number of benzene rings is 1. The molecule has 1 aliphatic carbocycles. The molecule has 0 unspecified atom stereocenters. The Morgan fingerprint density at radius 3 is 2.68 bits per heavy atom. The molecule has 5 heteroatoms. The van der Waals surface area contributed by atoms with E-state index in [4.69, 9.17) is 10.5 Å². The number of rotatable bonds is 2. The predicted molar refractivity (Wildman–Crippen MR) is 82.2 cm³/mol. The van der Waals surface area contributed by atoms with Crippen molar-refractivity contribution in [1.82, 2.24) is 4.98 Å². The fourth-order valence-electron chi connectivity index (χ4n) is 2.92. The topological polar surface area (TPSA) is 89.0 Å². The van der Waals surface area contributed by atoms with Gasteiger partial charge in [0, 0.05) is 11.3 Å². The molecule has 3 rings (SSSR count). The second kappa shape index (κ2) is 5.49. The third-order valence-corrected chi connectivity index (χ3v) is 3.96. The molecule has 0 saturated heterocycles. The molecule has 1 aromatic carbocycles. The molecule has 110 valence electrons. The predicted octanol–water partition coefficient (Wildman–Crippen LogP) is 2.48. The van der Waals surface area contributed by atoms with Crippen molar-refractivity contribution in [2.75, 3.05) is 12.8 Å². The van der Waals surface area contributed by atoms with Gasteiger partial charge in [-0.25, -0.2) is 9.78 Å². The van der Waals surface area contributed by atoms with Gasteiger partial charge in [0.15, 0.2) is 0 Å². The molecule has 0 aliphatic heterocycles. The van der Waals surface area contributed by atoms with Gasteiger partial charge >= 0.3 is 5.97 Å². The van der Waals surface area contributed by atoms with Crippen molar-refractivity contribution in [3.8, 4) is 17.2 Å². The van der Waals surface area contributed by atoms with Crippen molar-refractivity contribution in [3.63, 3.8) is 0 Å². The molecule has 0 radical (unpaired) electrons. The van der Waals surface area contributed by atoms with Crippen LogP contribution >= 0.6 is 0 Å². The molecule has 0 amide bonds. The van der Waals surface area contributed by atoms with Gasteiger partial charge in [0.05, 0.1) is 12.7 Å². The van der Waals surface area contributed by atoms with Crippen LogP contribution in [0, 0.1) is 11.3 Å². The van der Waals surface area contributed by atoms with E-state index in [2.05, 4.69) is 11.1 Å². The first-order valence-corrected chi connectivity index (χ1v) is 7.05. The molecular formula is C17H15N3O2. The Labute approximate surface area is 128 Å². The number of fused-ring (bicyclic) bond motifs is 1. The fraction of sp³-hybridized carbons (Fsp3) is 0.235. The number of nitrogens with zero attached hydrogens (tertiary/aromatic N) is 2. The molecule has 0 bridgehead atoms. The minimum atomic E-state index is -0.383. The van der Waals surface area contributed by atoms with Crippen LogP contribution in [-0.4, -0.2) is 18.1 Å². The van der Waals surface area contributed by atoms with E-state index in [9.17, 15) is 10.1 Å². The van der Waals surface area contributed by atoms with E-state index in [1.807, 2.05) is 12.1 Å². The summed E-state index contributed by atoms with van der Waals surface area (Å²) in [4.78, 5) is 15.9. The summed E-state index contributed by atoms with van der Waals surface area (Å²) in [5, 5.41) is 9.43. The van der Waals surface area contributed by atoms with Crippen molar-refractivity contribution in [1.29, 1.82) is 5.26 Å². The number of ether oxygens (including phenoxy) is 1. The monoisotopic (exact) mass is 293 g/mol. The molecule has 1 aromatic heterocycles. The van der Waals surface area contributed by atoms with E-state index in [0.717, 1.165) is 41.6 Å². The maximum atomic E-state index is 11.5. The standard InChI is InChI=1S/C17H15N3O2/c1-22-17(21)11-7-5-10(6-8-11)15-12-3-2-4-14(12)20-16(19)13(15)9-18/h5-8H,2-4H2,1H3,(H2,19,20). The lowest BCUT2D eigenvalue weighted by Gasteiger charge is -2.13. The lowest BCUT2D eigenvalue weighted by Crippen LogP contribution is -2.04. The van der Waals surface area contributed by atoms with Gasteiger partial charge in [-0.15, -0.1) is 0 Å². The highest BCUT2D eigenvalue weighted by molar-refractivity contribution is 5.90. The molecule has 0 atom stereocenters. The van der Waals surface area contributed by atoms with Crippen LogP contribution in [0.25, 0.3) is 11.1 Å². The Hall–Kier alpha value is -2.87. The van der Waals surface area contributed by atoms with Crippen LogP contribution in [0.3, 0.4) is 0 Å². The van der Waals surface area contributed by atoms with Crippen LogP contribution in [0.15, 0.2) is 24.3 Å². The zero-order chi connectivity index (χ0) is 15.7. The van der Waals surface area contributed by atoms with Crippen molar-refractivity contribution in [2.45, 2.75) is 19.3 Å². The molecule has 0 spiro atoms. The number of aromatic nitrogens is 1. The largest absolute Gasteiger partial charge is 0.465 e. The summed E-state index contributed by atoms with van der Waals surface area (Å²) in [6, 6.07) is 9.19. The molecule has 1 heterocycles. The summed E-state index contributed by atoms with van der Waals surface area (Å²) >= 11 is 0. The number of carbonyl (C=O) groups is 1. The number of anilines is 1. The highest BCUT2D eigenvalue weighted by Crippen LogP contribution is 2.36. The quantitative estimate of drug-likeness (QED) is 0.859. The molecule has 1 aliphatic rings. The first kappa shape index (κ1) is 14.1. The zero-order valence-corrected chi connectivity index (χ0v) is 12.2. The number of nitrogen functional groups attached to an aromatic ring is 1. The minimum Gasteiger partial charge on any atom is -0.465 e. The van der Waals surface area contributed by atoms with Crippen LogP contribution in [-0.2, 0) is 17.6 Å². The Kier molecular flexibility index (Phi) is 3.51. The number of carbonyl (C=O) groups excluding carboxylic acids is 1. The van der Waals surface area contributed by atoms with Crippen LogP contribution in [0.4, 0.5) is 5.82 Å². The third-order valence-electron chi connectivity index (χ3n) is 3.96. The van der Waals surface area contributed by atoms with Crippen molar-refractivity contribution in [2.24, 2.45) is 0 Å². The van der Waals surface area contributed by atoms with Gasteiger partial charge in [0.1, 0.15) is 17.5 Å². The average Bonchev–Trinajstić information content (AvgIpc) is 3.00. The number of nitriles is 1. The maximum Gasteiger partial charge on any atom is 0.337 e. The number of hydrogen-bond acceptors (Lipinski definition) is 5. The second-order valence-corrected chi connectivity index (χ2v) is 5.21. The van der Waals surface area contributed by atoms with E-state index < -0.39 is 0 Å². The summed E-state index contributed by atoms with van der Waals surface area (Å²) in [5.41, 5.74) is 10.6. The van der Waals surface area contributed by atoms with Crippen LogP contribution < -0.4 is 5.73 Å². The van der Waals surface area contributed by atoms with Crippen molar-refractivity contribution >= 4 is 11.8 Å². The molecule has 2 aromatic rings. The van der Waals surface area contributed by atoms with Gasteiger partial charge in [0.25, 0.3) is 0 Å². The second-order valence-electron chi connectivity index (χ2n) is 5.21. The third kappa shape index (κ3) is 2.19. The lowest BCUT2D eigenvalue weighted by molar-refractivity contribution is 0.0601. The Morgan fingerprint density at radius 2 is 2.05 bits per heavy atom. The van der Waals surface area contributed by atoms with Crippen molar-refractivity contribution in [3.05, 3.63) is 46.6 Å². The van der Waals surface area contributed by atoms with E-state index in [0.29, 0.717) is 11.1 Å². The van der Waals surface area contributed by atoms with Gasteiger partial charge in [-0.1, -0.05) is 12.1 Å². The van der Waals surface area contributed by atoms with Gasteiger partial charge < -0.3 is 10.5 Å². The van der Waals surface area contributed by atoms with E-state index in [-0.39, 0.29) is 11.8 Å². The number of nitrogens with two attached hydrogens (primary N) is 1. The van der Waals surface area contributed by atoms with Gasteiger partial charge in [-0.2, -0.15) is 5.26 Å². The summed E-state index contributed by atoms with van der Waals surface area (Å²) in [6.45, 7) is 0. The first-order valence-electron chi connectivity index (χ1n) is 7.05. The molecular weight excluding hydrogens is 278 g/mol. The van der Waals surface area contributed by atoms with Crippen molar-refractivity contribution < 1.29 is 9.53 Å². The van der Waals surface area contributed by atoms with Gasteiger partial charge in [-0.05, 0) is 42.5 Å². The molecule has 0 saturated carbocycles. The summed E-state index contributed by atoms with van der Waals surface area (Å²) in [6.07, 6.45) is 2.80. The Balaban J connectivity index is 2.16. The molecule has 2 N–H and O–H groups in total. The van der Waals surface area contributed by atoms with E-state index >= 15 is 0 Å². The molecule has 0 fully saturated rings. The molecule has 5 nitrogen and oxygen atoms in total. The highest BCUT2D eigenvalue weighted by atomic mass is 16.5. The smallest absolute Gasteiger partial charge is 0.337 e. The number of pyridine rings is 1. The summed E-state index contributed by atoms with van der Waals surface area (Å²) in [5.74, 6) is -0.110. The summed E-state index contributed by atoms with van der Waals surface area (Å²) < 4.78 is 4.70. The number of aryl methyl sites for hydroxylation is 1. The van der Waals surface area contributed by atoms with E-state index in [1.165, 1.54) is 7.11 Å². The van der Waals surface area contributed by atoms with Gasteiger partial charge in [-0.3, -0.25) is 0 Å². The zero-order valence-electron chi connectivity index (χ0n) is 12.2. The number of methoxy groups -OCH3 is 1. The summed E-state index contributed by atoms with van der Waals surface area (Å²) in [7, 11) is 1.35.